The van der Waals surface area contributed by atoms with Crippen LogP contribution in [0.2, 0.25) is 0 Å². The van der Waals surface area contributed by atoms with Crippen LogP contribution in [-0.2, 0) is 5.60 Å². The van der Waals surface area contributed by atoms with Gasteiger partial charge in [0.05, 0.1) is 4.88 Å². The Balaban J connectivity index is 2.35. The minimum atomic E-state index is -0.761. The molecule has 1 atom stereocenters. The van der Waals surface area contributed by atoms with Crippen LogP contribution in [0.3, 0.4) is 0 Å². The molecule has 1 unspecified atom stereocenters. The van der Waals surface area contributed by atoms with E-state index in [1.807, 2.05) is 17.5 Å². The molecule has 0 bridgehead atoms. The molecule has 0 saturated carbocycles. The van der Waals surface area contributed by atoms with Crippen molar-refractivity contribution in [2.75, 3.05) is 0 Å². The van der Waals surface area contributed by atoms with Gasteiger partial charge in [0.25, 0.3) is 0 Å². The minimum Gasteiger partial charge on any atom is -0.380 e. The summed E-state index contributed by atoms with van der Waals surface area (Å²) < 4.78 is 1.01. The van der Waals surface area contributed by atoms with Gasteiger partial charge in [-0.15, -0.1) is 11.3 Å². The van der Waals surface area contributed by atoms with Gasteiger partial charge >= 0.3 is 0 Å². The Morgan fingerprint density at radius 1 is 1.33 bits per heavy atom. The Hall–Kier alpha value is -0.120. The van der Waals surface area contributed by atoms with Crippen molar-refractivity contribution in [3.05, 3.63) is 32.9 Å². The molecule has 1 aromatic rings. The topological polar surface area (TPSA) is 20.2 Å². The Morgan fingerprint density at radius 3 is 2.53 bits per heavy atom. The largest absolute Gasteiger partial charge is 0.380 e. The van der Waals surface area contributed by atoms with Crippen LogP contribution in [0, 0.1) is 5.41 Å². The maximum Gasteiger partial charge on any atom is 0.118 e. The minimum absolute atomic E-state index is 0.218. The molecule has 15 heavy (non-hydrogen) atoms. The van der Waals surface area contributed by atoms with E-state index in [9.17, 15) is 5.11 Å². The van der Waals surface area contributed by atoms with Gasteiger partial charge in [0, 0.05) is 4.47 Å². The molecule has 0 saturated heterocycles. The molecule has 0 aromatic carbocycles. The van der Waals surface area contributed by atoms with Gasteiger partial charge in [-0.05, 0) is 45.6 Å². The molecule has 82 valence electrons. The maximum atomic E-state index is 10.5. The van der Waals surface area contributed by atoms with E-state index >= 15 is 0 Å². The first-order valence-electron chi connectivity index (χ1n) is 5.09. The fourth-order valence-electron chi connectivity index (χ4n) is 1.83. The summed E-state index contributed by atoms with van der Waals surface area (Å²) in [7, 11) is 0. The number of aliphatic hydroxyl groups is 1. The average molecular weight is 287 g/mol. The predicted molar refractivity (Wildman–Crippen MR) is 68.1 cm³/mol. The van der Waals surface area contributed by atoms with Crippen LogP contribution in [0.5, 0.6) is 0 Å². The second-order valence-electron chi connectivity index (χ2n) is 4.84. The zero-order chi connectivity index (χ0) is 11.1. The fraction of sp³-hybridized carbons (Fsp3) is 0.500. The highest BCUT2D eigenvalue weighted by molar-refractivity contribution is 9.10. The lowest BCUT2D eigenvalue weighted by atomic mass is 9.76. The first-order valence-corrected chi connectivity index (χ1v) is 6.76. The first-order chi connectivity index (χ1) is 6.93. The molecule has 0 aliphatic heterocycles. The monoisotopic (exact) mass is 286 g/mol. The summed E-state index contributed by atoms with van der Waals surface area (Å²) in [6, 6.07) is 1.99. The van der Waals surface area contributed by atoms with Crippen LogP contribution in [0.1, 0.15) is 31.6 Å². The molecule has 1 aliphatic rings. The number of thiophene rings is 1. The van der Waals surface area contributed by atoms with Crippen molar-refractivity contribution in [2.24, 2.45) is 5.41 Å². The van der Waals surface area contributed by atoms with Crippen LogP contribution in [-0.4, -0.2) is 5.11 Å². The van der Waals surface area contributed by atoms with E-state index in [0.29, 0.717) is 0 Å². The van der Waals surface area contributed by atoms with Crippen LogP contribution in [0.15, 0.2) is 28.1 Å². The molecule has 1 heterocycles. The third kappa shape index (κ3) is 2.19. The van der Waals surface area contributed by atoms with Gasteiger partial charge in [-0.2, -0.15) is 0 Å². The molecular weight excluding hydrogens is 272 g/mol. The van der Waals surface area contributed by atoms with Gasteiger partial charge in [-0.3, -0.25) is 0 Å². The van der Waals surface area contributed by atoms with Gasteiger partial charge in [0.1, 0.15) is 5.60 Å². The number of rotatable bonds is 1. The van der Waals surface area contributed by atoms with Crippen molar-refractivity contribution in [1.82, 2.24) is 0 Å². The number of halogens is 1. The molecule has 0 radical (unpaired) electrons. The summed E-state index contributed by atoms with van der Waals surface area (Å²) in [6.45, 7) is 4.40. The standard InChI is InChI=1S/C12H15BrOS/c1-11(2)4-6-12(14,7-5-11)10-9(13)3-8-15-10/h3-4,6,8,14H,5,7H2,1-2H3. The second-order valence-corrected chi connectivity index (χ2v) is 6.61. The lowest BCUT2D eigenvalue weighted by molar-refractivity contribution is 0.0610. The Kier molecular flexibility index (Phi) is 2.82. The highest BCUT2D eigenvalue weighted by Crippen LogP contribution is 2.43. The lowest BCUT2D eigenvalue weighted by Gasteiger charge is -2.34. The van der Waals surface area contributed by atoms with E-state index in [4.69, 9.17) is 0 Å². The Bertz CT molecular complexity index is 394. The molecule has 3 heteroatoms. The normalized spacial score (nSPS) is 29.3. The summed E-state index contributed by atoms with van der Waals surface area (Å²) in [5.41, 5.74) is -0.543. The number of hydrogen-bond donors (Lipinski definition) is 1. The Labute approximate surface area is 103 Å². The first kappa shape index (κ1) is 11.4. The van der Waals surface area contributed by atoms with E-state index < -0.39 is 5.60 Å². The van der Waals surface area contributed by atoms with Gasteiger partial charge in [0.15, 0.2) is 0 Å². The average Bonchev–Trinajstić information content (AvgIpc) is 2.58. The third-order valence-electron chi connectivity index (χ3n) is 2.97. The van der Waals surface area contributed by atoms with Gasteiger partial charge in [-0.25, -0.2) is 0 Å². The zero-order valence-corrected chi connectivity index (χ0v) is 11.4. The van der Waals surface area contributed by atoms with E-state index in [-0.39, 0.29) is 5.41 Å². The van der Waals surface area contributed by atoms with Crippen molar-refractivity contribution in [2.45, 2.75) is 32.3 Å². The quantitative estimate of drug-likeness (QED) is 0.772. The van der Waals surface area contributed by atoms with Crippen molar-refractivity contribution in [1.29, 1.82) is 0 Å². The molecule has 0 spiro atoms. The number of hydrogen-bond acceptors (Lipinski definition) is 2. The molecule has 0 amide bonds. The Morgan fingerprint density at radius 2 is 2.07 bits per heavy atom. The SMILES string of the molecule is CC1(C)C=CC(O)(c2sccc2Br)CC1. The summed E-state index contributed by atoms with van der Waals surface area (Å²) in [5.74, 6) is 0. The molecule has 0 fully saturated rings. The van der Waals surface area contributed by atoms with E-state index in [1.165, 1.54) is 0 Å². The predicted octanol–water partition coefficient (Wildman–Crippen LogP) is 4.07. The van der Waals surface area contributed by atoms with Crippen LogP contribution in [0.25, 0.3) is 0 Å². The van der Waals surface area contributed by atoms with Gasteiger partial charge < -0.3 is 5.11 Å². The van der Waals surface area contributed by atoms with Gasteiger partial charge in [0.2, 0.25) is 0 Å². The van der Waals surface area contributed by atoms with Gasteiger partial charge in [-0.1, -0.05) is 26.0 Å². The van der Waals surface area contributed by atoms with E-state index in [2.05, 4.69) is 35.9 Å². The third-order valence-corrected chi connectivity index (χ3v) is 4.98. The highest BCUT2D eigenvalue weighted by atomic mass is 79.9. The summed E-state index contributed by atoms with van der Waals surface area (Å²) in [5, 5.41) is 12.5. The molecular formula is C12H15BrOS. The van der Waals surface area contributed by atoms with Crippen LogP contribution < -0.4 is 0 Å². The summed E-state index contributed by atoms with van der Waals surface area (Å²) >= 11 is 5.09. The molecule has 2 rings (SSSR count). The maximum absolute atomic E-state index is 10.5. The highest BCUT2D eigenvalue weighted by Gasteiger charge is 2.35. The zero-order valence-electron chi connectivity index (χ0n) is 8.96. The lowest BCUT2D eigenvalue weighted by Crippen LogP contribution is -2.29. The van der Waals surface area contributed by atoms with Crippen molar-refractivity contribution in [3.8, 4) is 0 Å². The van der Waals surface area contributed by atoms with E-state index in [0.717, 1.165) is 22.2 Å². The fourth-order valence-corrected chi connectivity index (χ4v) is 3.66. The number of allylic oxidation sites excluding steroid dienone is 1. The van der Waals surface area contributed by atoms with E-state index in [1.54, 1.807) is 11.3 Å². The molecule has 1 N–H and O–H groups in total. The van der Waals surface area contributed by atoms with Crippen LogP contribution in [0.4, 0.5) is 0 Å². The van der Waals surface area contributed by atoms with Crippen molar-refractivity contribution >= 4 is 27.3 Å². The molecule has 1 aliphatic carbocycles. The van der Waals surface area contributed by atoms with Crippen molar-refractivity contribution < 1.29 is 5.11 Å². The molecule has 1 aromatic heterocycles. The summed E-state index contributed by atoms with van der Waals surface area (Å²) in [6.07, 6.45) is 5.90. The second kappa shape index (κ2) is 3.72. The summed E-state index contributed by atoms with van der Waals surface area (Å²) in [4.78, 5) is 1.02. The van der Waals surface area contributed by atoms with Crippen molar-refractivity contribution in [3.63, 3.8) is 0 Å². The van der Waals surface area contributed by atoms with Crippen LogP contribution >= 0.6 is 27.3 Å². The molecule has 1 nitrogen and oxygen atoms in total. The smallest absolute Gasteiger partial charge is 0.118 e.